The van der Waals surface area contributed by atoms with Crippen molar-refractivity contribution in [2.75, 3.05) is 4.90 Å². The summed E-state index contributed by atoms with van der Waals surface area (Å²) in [5.74, 6) is -1.47. The van der Waals surface area contributed by atoms with Crippen molar-refractivity contribution in [2.24, 2.45) is 0 Å². The van der Waals surface area contributed by atoms with E-state index >= 15 is 0 Å². The second-order valence-electron chi connectivity index (χ2n) is 8.25. The van der Waals surface area contributed by atoms with Crippen LogP contribution in [0.3, 0.4) is 0 Å². The number of nitrogens with zero attached hydrogens (tertiary/aromatic N) is 2. The third-order valence-electron chi connectivity index (χ3n) is 5.71. The first-order chi connectivity index (χ1) is 17.5. The number of carbonyl (C=O) groups is 3. The molecule has 1 aliphatic rings. The molecule has 4 rings (SSSR count). The number of ether oxygens (including phenoxy) is 1. The first kappa shape index (κ1) is 25.9. The molecule has 4 amide bonds. The number of amides is 4. The highest BCUT2D eigenvalue weighted by Crippen LogP contribution is 2.36. The lowest BCUT2D eigenvalue weighted by molar-refractivity contribution is -0.384. The van der Waals surface area contributed by atoms with Crippen LogP contribution in [0.25, 0.3) is 6.08 Å². The van der Waals surface area contributed by atoms with E-state index in [1.54, 1.807) is 30.3 Å². The number of urea groups is 1. The zero-order valence-electron chi connectivity index (χ0n) is 19.6. The van der Waals surface area contributed by atoms with E-state index in [1.165, 1.54) is 30.3 Å². The highest BCUT2D eigenvalue weighted by Gasteiger charge is 2.37. The van der Waals surface area contributed by atoms with Crippen molar-refractivity contribution in [3.05, 3.63) is 103 Å². The van der Waals surface area contributed by atoms with E-state index < -0.39 is 22.8 Å². The van der Waals surface area contributed by atoms with E-state index in [9.17, 15) is 24.5 Å². The number of nitrogens with one attached hydrogen (secondary N) is 1. The van der Waals surface area contributed by atoms with Crippen LogP contribution in [-0.2, 0) is 16.2 Å². The predicted molar refractivity (Wildman–Crippen MR) is 139 cm³/mol. The Balaban J connectivity index is 1.58. The number of rotatable bonds is 6. The van der Waals surface area contributed by atoms with Crippen molar-refractivity contribution < 1.29 is 24.0 Å². The smallest absolute Gasteiger partial charge is 0.335 e. The second kappa shape index (κ2) is 10.4. The molecule has 1 saturated heterocycles. The number of aryl methyl sites for hydroxylation is 2. The maximum atomic E-state index is 13.2. The molecule has 1 heterocycles. The summed E-state index contributed by atoms with van der Waals surface area (Å²) in [5, 5.41) is 13.2. The molecule has 0 atom stereocenters. The fourth-order valence-electron chi connectivity index (χ4n) is 3.59. The Morgan fingerprint density at radius 2 is 1.62 bits per heavy atom. The van der Waals surface area contributed by atoms with Gasteiger partial charge in [-0.15, -0.1) is 0 Å². The second-order valence-corrected chi connectivity index (χ2v) is 9.07. The van der Waals surface area contributed by atoms with E-state index in [4.69, 9.17) is 27.9 Å². The van der Waals surface area contributed by atoms with Gasteiger partial charge in [0.05, 0.1) is 20.7 Å². The number of non-ortho nitro benzene ring substituents is 1. The molecule has 0 bridgehead atoms. The Bertz CT molecular complexity index is 1460. The van der Waals surface area contributed by atoms with E-state index in [-0.39, 0.29) is 33.7 Å². The Kier molecular flexibility index (Phi) is 7.28. The van der Waals surface area contributed by atoms with Crippen LogP contribution in [0.15, 0.2) is 60.2 Å². The minimum absolute atomic E-state index is 0.0451. The zero-order chi connectivity index (χ0) is 26.9. The van der Waals surface area contributed by atoms with Crippen molar-refractivity contribution in [3.8, 4) is 5.75 Å². The van der Waals surface area contributed by atoms with Gasteiger partial charge < -0.3 is 4.74 Å². The molecule has 0 unspecified atom stereocenters. The molecule has 188 valence electrons. The largest absolute Gasteiger partial charge is 0.486 e. The van der Waals surface area contributed by atoms with Gasteiger partial charge in [0.15, 0.2) is 5.75 Å². The van der Waals surface area contributed by atoms with Crippen LogP contribution in [-0.4, -0.2) is 22.8 Å². The Morgan fingerprint density at radius 3 is 2.22 bits per heavy atom. The lowest BCUT2D eigenvalue weighted by atomic mass is 10.0. The van der Waals surface area contributed by atoms with Gasteiger partial charge in [-0.05, 0) is 78.6 Å². The molecule has 9 nitrogen and oxygen atoms in total. The summed E-state index contributed by atoms with van der Waals surface area (Å²) in [6.07, 6.45) is 1.29. The molecular formula is C26H19Cl2N3O6. The van der Waals surface area contributed by atoms with Crippen molar-refractivity contribution in [1.29, 1.82) is 0 Å². The van der Waals surface area contributed by atoms with E-state index in [1.807, 2.05) is 13.8 Å². The minimum Gasteiger partial charge on any atom is -0.486 e. The highest BCUT2D eigenvalue weighted by molar-refractivity contribution is 6.40. The van der Waals surface area contributed by atoms with Gasteiger partial charge in [-0.3, -0.25) is 25.0 Å². The number of nitro groups is 1. The molecule has 0 aromatic heterocycles. The maximum absolute atomic E-state index is 13.2. The molecule has 37 heavy (non-hydrogen) atoms. The summed E-state index contributed by atoms with van der Waals surface area (Å²) in [7, 11) is 0. The van der Waals surface area contributed by atoms with Gasteiger partial charge >= 0.3 is 6.03 Å². The van der Waals surface area contributed by atoms with Crippen molar-refractivity contribution in [2.45, 2.75) is 20.5 Å². The van der Waals surface area contributed by atoms with E-state index in [0.717, 1.165) is 16.0 Å². The lowest BCUT2D eigenvalue weighted by Crippen LogP contribution is -2.54. The molecular weight excluding hydrogens is 521 g/mol. The molecule has 1 aliphatic heterocycles. The van der Waals surface area contributed by atoms with Crippen LogP contribution < -0.4 is 15.0 Å². The number of imide groups is 2. The molecule has 11 heteroatoms. The van der Waals surface area contributed by atoms with Crippen LogP contribution in [0.1, 0.15) is 22.3 Å². The fourth-order valence-corrected chi connectivity index (χ4v) is 4.21. The van der Waals surface area contributed by atoms with Crippen LogP contribution >= 0.6 is 23.2 Å². The summed E-state index contributed by atoms with van der Waals surface area (Å²) in [5.41, 5.74) is 2.87. The number of hydrogen-bond acceptors (Lipinski definition) is 6. The standard InChI is InChI=1S/C26H19Cl2N3O6/c1-14-3-6-19(9-15(14)2)30-25(33)20(24(32)29-26(30)34)10-17-11-21(27)23(22(28)12-17)37-13-16-4-7-18(8-5-16)31(35)36/h3-12H,13H2,1-2H3,(H,29,32,34)/b20-10+. The lowest BCUT2D eigenvalue weighted by Gasteiger charge is -2.27. The van der Waals surface area contributed by atoms with E-state index in [0.29, 0.717) is 16.8 Å². The van der Waals surface area contributed by atoms with Gasteiger partial charge in [-0.25, -0.2) is 9.69 Å². The Hall–Kier alpha value is -4.21. The molecule has 3 aromatic carbocycles. The molecule has 0 aliphatic carbocycles. The molecule has 0 radical (unpaired) electrons. The highest BCUT2D eigenvalue weighted by atomic mass is 35.5. The maximum Gasteiger partial charge on any atom is 0.335 e. The number of benzene rings is 3. The third-order valence-corrected chi connectivity index (χ3v) is 6.27. The molecule has 3 aromatic rings. The summed E-state index contributed by atoms with van der Waals surface area (Å²) in [6, 6.07) is 13.0. The van der Waals surface area contributed by atoms with Crippen LogP contribution in [0.4, 0.5) is 16.2 Å². The van der Waals surface area contributed by atoms with E-state index in [2.05, 4.69) is 5.32 Å². The van der Waals surface area contributed by atoms with Crippen LogP contribution in [0.5, 0.6) is 5.75 Å². The fraction of sp³-hybridized carbons (Fsp3) is 0.115. The zero-order valence-corrected chi connectivity index (χ0v) is 21.1. The summed E-state index contributed by atoms with van der Waals surface area (Å²) in [4.78, 5) is 49.3. The monoisotopic (exact) mass is 539 g/mol. The molecule has 0 spiro atoms. The Labute approximate surface area is 221 Å². The quantitative estimate of drug-likeness (QED) is 0.184. The average Bonchev–Trinajstić information content (AvgIpc) is 2.83. The van der Waals surface area contributed by atoms with Crippen LogP contribution in [0.2, 0.25) is 10.0 Å². The summed E-state index contributed by atoms with van der Waals surface area (Å²) in [6.45, 7) is 3.80. The third kappa shape index (κ3) is 5.47. The number of carbonyl (C=O) groups excluding carboxylic acids is 3. The normalized spacial score (nSPS) is 14.6. The summed E-state index contributed by atoms with van der Waals surface area (Å²) < 4.78 is 5.70. The molecule has 0 saturated carbocycles. The topological polar surface area (TPSA) is 119 Å². The van der Waals surface area contributed by atoms with Gasteiger partial charge in [0, 0.05) is 12.1 Å². The predicted octanol–water partition coefficient (Wildman–Crippen LogP) is 5.76. The SMILES string of the molecule is Cc1ccc(N2C(=O)NC(=O)/C(=C\c3cc(Cl)c(OCc4ccc([N+](=O)[O-])cc4)c(Cl)c3)C2=O)cc1C. The van der Waals surface area contributed by atoms with Crippen LogP contribution in [0, 0.1) is 24.0 Å². The molecule has 1 N–H and O–H groups in total. The number of hydrogen-bond donors (Lipinski definition) is 1. The first-order valence-corrected chi connectivity index (χ1v) is 11.6. The van der Waals surface area contributed by atoms with Gasteiger partial charge in [-0.1, -0.05) is 29.3 Å². The van der Waals surface area contributed by atoms with Crippen molar-refractivity contribution in [3.63, 3.8) is 0 Å². The number of barbiturate groups is 1. The van der Waals surface area contributed by atoms with Gasteiger partial charge in [0.1, 0.15) is 12.2 Å². The van der Waals surface area contributed by atoms with Gasteiger partial charge in [0.2, 0.25) is 0 Å². The number of halogens is 2. The van der Waals surface area contributed by atoms with Gasteiger partial charge in [0.25, 0.3) is 17.5 Å². The Morgan fingerprint density at radius 1 is 0.973 bits per heavy atom. The number of anilines is 1. The average molecular weight is 540 g/mol. The van der Waals surface area contributed by atoms with Gasteiger partial charge in [-0.2, -0.15) is 0 Å². The first-order valence-electron chi connectivity index (χ1n) is 10.9. The van der Waals surface area contributed by atoms with Crippen molar-refractivity contribution in [1.82, 2.24) is 5.32 Å². The minimum atomic E-state index is -0.846. The summed E-state index contributed by atoms with van der Waals surface area (Å²) >= 11 is 12.7. The van der Waals surface area contributed by atoms with Crippen molar-refractivity contribution >= 4 is 58.5 Å². The number of nitro benzene ring substituents is 1. The molecule has 1 fully saturated rings.